The molecule has 30 heavy (non-hydrogen) atoms. The highest BCUT2D eigenvalue weighted by atomic mass is 16.5. The summed E-state index contributed by atoms with van der Waals surface area (Å²) in [5.41, 5.74) is 2.04. The minimum Gasteiger partial charge on any atom is -0.379 e. The van der Waals surface area contributed by atoms with Crippen LogP contribution in [0.15, 0.2) is 35.3 Å². The third-order valence-electron chi connectivity index (χ3n) is 5.75. The van der Waals surface area contributed by atoms with E-state index in [9.17, 15) is 9.59 Å². The number of carbonyl (C=O) groups is 1. The lowest BCUT2D eigenvalue weighted by molar-refractivity contribution is 0.0383. The molecule has 160 valence electrons. The van der Waals surface area contributed by atoms with E-state index in [0.717, 1.165) is 49.1 Å². The van der Waals surface area contributed by atoms with E-state index in [1.807, 2.05) is 35.9 Å². The molecular formula is C23H30N4O3. The Morgan fingerprint density at radius 1 is 1.20 bits per heavy atom. The summed E-state index contributed by atoms with van der Waals surface area (Å²) in [6.07, 6.45) is 1.74. The average Bonchev–Trinajstić information content (AvgIpc) is 3.04. The molecule has 2 aromatic heterocycles. The van der Waals surface area contributed by atoms with Crippen molar-refractivity contribution >= 4 is 27.7 Å². The Balaban J connectivity index is 1.73. The third-order valence-corrected chi connectivity index (χ3v) is 5.75. The van der Waals surface area contributed by atoms with Gasteiger partial charge in [-0.3, -0.25) is 14.5 Å². The zero-order valence-corrected chi connectivity index (χ0v) is 18.0. The van der Waals surface area contributed by atoms with Gasteiger partial charge in [-0.25, -0.2) is 0 Å². The fraction of sp³-hybridized carbons (Fsp3) is 0.478. The highest BCUT2D eigenvalue weighted by Crippen LogP contribution is 2.29. The van der Waals surface area contributed by atoms with Gasteiger partial charge < -0.3 is 19.2 Å². The molecule has 3 heterocycles. The number of fused-ring (bicyclic) bond motifs is 3. The van der Waals surface area contributed by atoms with E-state index in [4.69, 9.17) is 4.74 Å². The number of rotatable bonds is 6. The van der Waals surface area contributed by atoms with Gasteiger partial charge in [0.25, 0.3) is 11.5 Å². The molecule has 0 radical (unpaired) electrons. The minimum absolute atomic E-state index is 0.0535. The molecule has 1 aromatic carbocycles. The standard InChI is InChI=1S/C23H30N4O3/c1-16(2)14-27-15-18(22(28)24-8-9-26-10-12-30-13-11-26)20-17-6-4-5-7-19(17)25(3)21(20)23(27)29/h4-7,15-16H,8-14H2,1-3H3,(H,24,28). The highest BCUT2D eigenvalue weighted by molar-refractivity contribution is 6.17. The quantitative estimate of drug-likeness (QED) is 0.677. The molecule has 0 spiro atoms. The largest absolute Gasteiger partial charge is 0.379 e. The number of benzene rings is 1. The first-order valence-electron chi connectivity index (χ1n) is 10.7. The lowest BCUT2D eigenvalue weighted by Crippen LogP contribution is -2.41. The van der Waals surface area contributed by atoms with E-state index >= 15 is 0 Å². The molecule has 3 aromatic rings. The second-order valence-corrected chi connectivity index (χ2v) is 8.40. The summed E-state index contributed by atoms with van der Waals surface area (Å²) in [5.74, 6) is 0.161. The summed E-state index contributed by atoms with van der Waals surface area (Å²) < 4.78 is 8.97. The molecule has 1 saturated heterocycles. The first-order valence-corrected chi connectivity index (χ1v) is 10.7. The zero-order valence-electron chi connectivity index (χ0n) is 18.0. The number of hydrogen-bond acceptors (Lipinski definition) is 4. The molecule has 0 saturated carbocycles. The van der Waals surface area contributed by atoms with Gasteiger partial charge in [0, 0.05) is 62.3 Å². The normalized spacial score (nSPS) is 15.3. The number of nitrogens with one attached hydrogen (secondary N) is 1. The van der Waals surface area contributed by atoms with Crippen LogP contribution >= 0.6 is 0 Å². The fourth-order valence-corrected chi connectivity index (χ4v) is 4.28. The predicted octanol–water partition coefficient (Wildman–Crippen LogP) is 2.21. The fourth-order valence-electron chi connectivity index (χ4n) is 4.28. The SMILES string of the molecule is CC(C)Cn1cc(C(=O)NCCN2CCOCC2)c2c3ccccc3n(C)c2c1=O. The van der Waals surface area contributed by atoms with Crippen molar-refractivity contribution in [2.45, 2.75) is 20.4 Å². The van der Waals surface area contributed by atoms with Crippen LogP contribution in [0.4, 0.5) is 0 Å². The van der Waals surface area contributed by atoms with Crippen molar-refractivity contribution in [3.63, 3.8) is 0 Å². The Bertz CT molecular complexity index is 1120. The van der Waals surface area contributed by atoms with Gasteiger partial charge in [0.05, 0.1) is 18.8 Å². The van der Waals surface area contributed by atoms with Crippen molar-refractivity contribution in [1.29, 1.82) is 0 Å². The van der Waals surface area contributed by atoms with Gasteiger partial charge in [0.2, 0.25) is 0 Å². The molecular weight excluding hydrogens is 380 g/mol. The van der Waals surface area contributed by atoms with E-state index < -0.39 is 0 Å². The van der Waals surface area contributed by atoms with E-state index in [1.54, 1.807) is 10.8 Å². The molecule has 1 fully saturated rings. The predicted molar refractivity (Wildman–Crippen MR) is 119 cm³/mol. The third kappa shape index (κ3) is 3.87. The lowest BCUT2D eigenvalue weighted by atomic mass is 10.1. The van der Waals surface area contributed by atoms with Crippen molar-refractivity contribution in [1.82, 2.24) is 19.4 Å². The van der Waals surface area contributed by atoms with Crippen molar-refractivity contribution in [2.24, 2.45) is 13.0 Å². The molecule has 0 unspecified atom stereocenters. The number of aromatic nitrogens is 2. The summed E-state index contributed by atoms with van der Waals surface area (Å²) in [7, 11) is 1.89. The Labute approximate surface area is 176 Å². The number of pyridine rings is 1. The number of carbonyl (C=O) groups excluding carboxylic acids is 1. The Morgan fingerprint density at radius 3 is 2.67 bits per heavy atom. The number of amides is 1. The van der Waals surface area contributed by atoms with Gasteiger partial charge in [-0.2, -0.15) is 0 Å². The molecule has 1 aliphatic rings. The summed E-state index contributed by atoms with van der Waals surface area (Å²) in [4.78, 5) is 28.8. The van der Waals surface area contributed by atoms with Crippen LogP contribution < -0.4 is 10.9 Å². The molecule has 7 heteroatoms. The van der Waals surface area contributed by atoms with E-state index in [1.165, 1.54) is 0 Å². The molecule has 0 bridgehead atoms. The maximum absolute atomic E-state index is 13.2. The number of hydrogen-bond donors (Lipinski definition) is 1. The summed E-state index contributed by atoms with van der Waals surface area (Å²) in [6, 6.07) is 7.87. The number of aryl methyl sites for hydroxylation is 1. The van der Waals surface area contributed by atoms with Crippen LogP contribution in [0, 0.1) is 5.92 Å². The number of nitrogens with zero attached hydrogens (tertiary/aromatic N) is 3. The molecule has 1 amide bonds. The van der Waals surface area contributed by atoms with Crippen LogP contribution in [-0.4, -0.2) is 59.3 Å². The van der Waals surface area contributed by atoms with Gasteiger partial charge in [-0.05, 0) is 12.0 Å². The maximum atomic E-state index is 13.2. The van der Waals surface area contributed by atoms with E-state index in [0.29, 0.717) is 30.1 Å². The monoisotopic (exact) mass is 410 g/mol. The topological polar surface area (TPSA) is 68.5 Å². The molecule has 1 aliphatic heterocycles. The van der Waals surface area contributed by atoms with Crippen molar-refractivity contribution in [2.75, 3.05) is 39.4 Å². The van der Waals surface area contributed by atoms with Crippen LogP contribution in [0.5, 0.6) is 0 Å². The average molecular weight is 411 g/mol. The highest BCUT2D eigenvalue weighted by Gasteiger charge is 2.21. The van der Waals surface area contributed by atoms with Crippen molar-refractivity contribution in [3.8, 4) is 0 Å². The van der Waals surface area contributed by atoms with Crippen LogP contribution in [-0.2, 0) is 18.3 Å². The Hall–Kier alpha value is -2.64. The van der Waals surface area contributed by atoms with E-state index in [-0.39, 0.29) is 11.5 Å². The van der Waals surface area contributed by atoms with Crippen LogP contribution in [0.2, 0.25) is 0 Å². The van der Waals surface area contributed by atoms with Gasteiger partial charge in [-0.1, -0.05) is 32.0 Å². The van der Waals surface area contributed by atoms with Crippen LogP contribution in [0.1, 0.15) is 24.2 Å². The number of morpholine rings is 1. The number of ether oxygens (including phenoxy) is 1. The lowest BCUT2D eigenvalue weighted by Gasteiger charge is -2.26. The van der Waals surface area contributed by atoms with Gasteiger partial charge >= 0.3 is 0 Å². The second kappa shape index (κ2) is 8.62. The van der Waals surface area contributed by atoms with Crippen LogP contribution in [0.3, 0.4) is 0 Å². The summed E-state index contributed by atoms with van der Waals surface area (Å²) in [6.45, 7) is 9.33. The van der Waals surface area contributed by atoms with Gasteiger partial charge in [0.1, 0.15) is 5.52 Å². The molecule has 7 nitrogen and oxygen atoms in total. The van der Waals surface area contributed by atoms with Gasteiger partial charge in [0.15, 0.2) is 0 Å². The van der Waals surface area contributed by atoms with Crippen molar-refractivity contribution < 1.29 is 9.53 Å². The second-order valence-electron chi connectivity index (χ2n) is 8.40. The summed E-state index contributed by atoms with van der Waals surface area (Å²) in [5, 5.41) is 4.74. The minimum atomic E-state index is -0.137. The van der Waals surface area contributed by atoms with E-state index in [2.05, 4.69) is 24.1 Å². The molecule has 1 N–H and O–H groups in total. The molecule has 4 rings (SSSR count). The first kappa shape index (κ1) is 20.6. The summed E-state index contributed by atoms with van der Waals surface area (Å²) >= 11 is 0. The first-order chi connectivity index (χ1) is 14.5. The van der Waals surface area contributed by atoms with Crippen LogP contribution in [0.25, 0.3) is 21.8 Å². The van der Waals surface area contributed by atoms with Crippen molar-refractivity contribution in [3.05, 3.63) is 46.4 Å². The molecule has 0 aliphatic carbocycles. The zero-order chi connectivity index (χ0) is 21.3. The number of para-hydroxylation sites is 1. The maximum Gasteiger partial charge on any atom is 0.275 e. The van der Waals surface area contributed by atoms with Gasteiger partial charge in [-0.15, -0.1) is 0 Å². The molecule has 0 atom stereocenters. The Morgan fingerprint density at radius 2 is 1.93 bits per heavy atom. The Kier molecular flexibility index (Phi) is 5.92. The smallest absolute Gasteiger partial charge is 0.275 e.